The van der Waals surface area contributed by atoms with Crippen LogP contribution in [0.25, 0.3) is 11.0 Å². The Morgan fingerprint density at radius 3 is 2.34 bits per heavy atom. The first-order chi connectivity index (χ1) is 20.7. The minimum Gasteiger partial charge on any atom is -0.444 e. The SMILES string of the molecule is Cn1c(=O)n(C2CCC(=O)NC2=O)c2cccc(N3CCN(C4CN(C5CCN(C(=O)OC(C)(C)C)CC5(F)F)C4)CC3)c21. The average molecular weight is 618 g/mol. The number of rotatable bonds is 4. The van der Waals surface area contributed by atoms with Crippen molar-refractivity contribution in [2.75, 3.05) is 57.3 Å². The highest BCUT2D eigenvalue weighted by molar-refractivity contribution is 6.00. The van der Waals surface area contributed by atoms with E-state index in [1.54, 1.807) is 32.4 Å². The second-order valence-corrected chi connectivity index (χ2v) is 13.4. The van der Waals surface area contributed by atoms with Crippen molar-refractivity contribution in [3.63, 3.8) is 0 Å². The fourth-order valence-electron chi connectivity index (χ4n) is 7.06. The molecule has 1 aromatic heterocycles. The molecule has 12 nitrogen and oxygen atoms in total. The third-order valence-electron chi connectivity index (χ3n) is 9.32. The van der Waals surface area contributed by atoms with Gasteiger partial charge >= 0.3 is 11.8 Å². The number of anilines is 1. The summed E-state index contributed by atoms with van der Waals surface area (Å²) in [6, 6.07) is 4.23. The molecule has 0 bridgehead atoms. The van der Waals surface area contributed by atoms with Gasteiger partial charge in [0.2, 0.25) is 11.8 Å². The molecule has 14 heteroatoms. The fourth-order valence-corrected chi connectivity index (χ4v) is 7.06. The van der Waals surface area contributed by atoms with Gasteiger partial charge in [-0.2, -0.15) is 0 Å². The molecule has 0 spiro atoms. The normalized spacial score (nSPS) is 25.7. The van der Waals surface area contributed by atoms with Gasteiger partial charge in [0.1, 0.15) is 11.6 Å². The Hall–Kier alpha value is -3.52. The van der Waals surface area contributed by atoms with Gasteiger partial charge in [0.15, 0.2) is 0 Å². The number of carbonyl (C=O) groups excluding carboxylic acids is 3. The third-order valence-corrected chi connectivity index (χ3v) is 9.32. The fraction of sp³-hybridized carbons (Fsp3) is 0.667. The summed E-state index contributed by atoms with van der Waals surface area (Å²) in [4.78, 5) is 57.5. The zero-order valence-electron chi connectivity index (χ0n) is 25.7. The van der Waals surface area contributed by atoms with Gasteiger partial charge in [0.05, 0.1) is 29.3 Å². The molecule has 2 atom stereocenters. The highest BCUT2D eigenvalue weighted by atomic mass is 19.3. The van der Waals surface area contributed by atoms with Crippen LogP contribution in [0.4, 0.5) is 19.3 Å². The molecule has 1 aromatic carbocycles. The monoisotopic (exact) mass is 617 g/mol. The van der Waals surface area contributed by atoms with E-state index in [4.69, 9.17) is 4.74 Å². The molecule has 44 heavy (non-hydrogen) atoms. The highest BCUT2D eigenvalue weighted by Crippen LogP contribution is 2.36. The van der Waals surface area contributed by atoms with E-state index in [0.29, 0.717) is 31.7 Å². The number of nitrogens with one attached hydrogen (secondary N) is 1. The van der Waals surface area contributed by atoms with Gasteiger partial charge in [-0.1, -0.05) is 6.07 Å². The van der Waals surface area contributed by atoms with Gasteiger partial charge in [-0.25, -0.2) is 18.4 Å². The maximum absolute atomic E-state index is 15.2. The number of aryl methyl sites for hydroxylation is 1. The number of nitrogens with zero attached hydrogens (tertiary/aromatic N) is 6. The topological polar surface area (TPSA) is 112 Å². The molecular formula is C30H41F2N7O5. The van der Waals surface area contributed by atoms with Crippen LogP contribution in [0.15, 0.2) is 23.0 Å². The Balaban J connectivity index is 1.07. The first-order valence-corrected chi connectivity index (χ1v) is 15.4. The standard InChI is InChI=1S/C30H41F2N7O5/c1-29(2,3)44-28(43)37-11-10-23(30(31,32)18-37)38-16-19(17-38)35-12-14-36(15-13-35)20-6-5-7-21-25(20)34(4)27(42)39(21)22-8-9-24(40)33-26(22)41/h5-7,19,22-23H,8-18H2,1-4H3,(H,33,40,41). The zero-order valence-corrected chi connectivity index (χ0v) is 25.7. The van der Waals surface area contributed by atoms with E-state index < -0.39 is 42.2 Å². The summed E-state index contributed by atoms with van der Waals surface area (Å²) >= 11 is 0. The number of benzene rings is 1. The smallest absolute Gasteiger partial charge is 0.410 e. The molecular weight excluding hydrogens is 576 g/mol. The number of hydrogen-bond acceptors (Lipinski definition) is 8. The largest absolute Gasteiger partial charge is 0.444 e. The molecule has 0 saturated carbocycles. The van der Waals surface area contributed by atoms with E-state index in [9.17, 15) is 19.2 Å². The number of alkyl halides is 2. The van der Waals surface area contributed by atoms with Crippen LogP contribution < -0.4 is 15.9 Å². The molecule has 4 aliphatic heterocycles. The molecule has 6 rings (SSSR count). The number of halogens is 2. The highest BCUT2D eigenvalue weighted by Gasteiger charge is 2.52. The maximum atomic E-state index is 15.2. The van der Waals surface area contributed by atoms with Crippen LogP contribution in [0.1, 0.15) is 46.1 Å². The van der Waals surface area contributed by atoms with Gasteiger partial charge < -0.3 is 14.5 Å². The number of aromatic nitrogens is 2. The quantitative estimate of drug-likeness (QED) is 0.517. The summed E-state index contributed by atoms with van der Waals surface area (Å²) < 4.78 is 38.7. The van der Waals surface area contributed by atoms with E-state index in [1.165, 1.54) is 4.57 Å². The van der Waals surface area contributed by atoms with E-state index >= 15 is 8.78 Å². The van der Waals surface area contributed by atoms with Gasteiger partial charge in [-0.3, -0.25) is 33.8 Å². The lowest BCUT2D eigenvalue weighted by molar-refractivity contribution is -0.150. The van der Waals surface area contributed by atoms with Crippen molar-refractivity contribution in [2.45, 2.75) is 69.7 Å². The van der Waals surface area contributed by atoms with E-state index in [0.717, 1.165) is 29.2 Å². The van der Waals surface area contributed by atoms with Gasteiger partial charge in [-0.15, -0.1) is 0 Å². The number of hydrogen-bond donors (Lipinski definition) is 1. The van der Waals surface area contributed by atoms with Gasteiger partial charge in [0, 0.05) is 65.3 Å². The van der Waals surface area contributed by atoms with E-state index in [-0.39, 0.29) is 43.4 Å². The summed E-state index contributed by atoms with van der Waals surface area (Å²) in [7, 11) is 1.70. The van der Waals surface area contributed by atoms with Crippen molar-refractivity contribution in [2.24, 2.45) is 7.05 Å². The van der Waals surface area contributed by atoms with Crippen LogP contribution in [0, 0.1) is 0 Å². The van der Waals surface area contributed by atoms with Crippen LogP contribution >= 0.6 is 0 Å². The lowest BCUT2D eigenvalue weighted by Gasteiger charge is -2.53. The number of imide groups is 1. The molecule has 0 aliphatic carbocycles. The lowest BCUT2D eigenvalue weighted by Crippen LogP contribution is -2.70. The summed E-state index contributed by atoms with van der Waals surface area (Å²) in [5, 5.41) is 2.35. The molecule has 4 saturated heterocycles. The van der Waals surface area contributed by atoms with Crippen LogP contribution in [-0.4, -0.2) is 118 Å². The van der Waals surface area contributed by atoms with Crippen molar-refractivity contribution < 1.29 is 27.9 Å². The molecule has 3 amide bonds. The van der Waals surface area contributed by atoms with Crippen molar-refractivity contribution in [3.8, 4) is 0 Å². The molecule has 2 unspecified atom stereocenters. The number of ether oxygens (including phenoxy) is 1. The van der Waals surface area contributed by atoms with Gasteiger partial charge in [-0.05, 0) is 45.7 Å². The van der Waals surface area contributed by atoms with Crippen molar-refractivity contribution in [1.29, 1.82) is 0 Å². The number of para-hydroxylation sites is 1. The second kappa shape index (κ2) is 11.1. The summed E-state index contributed by atoms with van der Waals surface area (Å²) in [6.45, 7) is 8.82. The number of fused-ring (bicyclic) bond motifs is 1. The van der Waals surface area contributed by atoms with Crippen LogP contribution in [-0.2, 0) is 21.4 Å². The van der Waals surface area contributed by atoms with E-state index in [2.05, 4.69) is 15.1 Å². The predicted molar refractivity (Wildman–Crippen MR) is 159 cm³/mol. The number of piperazine rings is 1. The summed E-state index contributed by atoms with van der Waals surface area (Å²) in [5.74, 6) is -3.81. The summed E-state index contributed by atoms with van der Waals surface area (Å²) in [6.07, 6.45) is -0.0332. The Morgan fingerprint density at radius 1 is 1.00 bits per heavy atom. The van der Waals surface area contributed by atoms with E-state index in [1.807, 2.05) is 23.1 Å². The number of carbonyl (C=O) groups is 3. The Kier molecular flexibility index (Phi) is 7.71. The molecule has 5 heterocycles. The minimum absolute atomic E-state index is 0.183. The maximum Gasteiger partial charge on any atom is 0.410 e. The number of piperidine rings is 2. The van der Waals surface area contributed by atoms with Crippen molar-refractivity contribution in [3.05, 3.63) is 28.7 Å². The Labute approximate surface area is 254 Å². The Morgan fingerprint density at radius 2 is 1.70 bits per heavy atom. The first kappa shape index (κ1) is 30.5. The molecule has 240 valence electrons. The van der Waals surface area contributed by atoms with Crippen LogP contribution in [0.5, 0.6) is 0 Å². The van der Waals surface area contributed by atoms with Crippen LogP contribution in [0.2, 0.25) is 0 Å². The molecule has 4 aliphatic rings. The molecule has 0 radical (unpaired) electrons. The zero-order chi connectivity index (χ0) is 31.6. The molecule has 2 aromatic rings. The third kappa shape index (κ3) is 5.57. The predicted octanol–water partition coefficient (Wildman–Crippen LogP) is 1.77. The Bertz CT molecular complexity index is 1520. The number of amides is 3. The second-order valence-electron chi connectivity index (χ2n) is 13.4. The molecule has 1 N–H and O–H groups in total. The average Bonchev–Trinajstić information content (AvgIpc) is 3.17. The number of likely N-dealkylation sites (tertiary alicyclic amines) is 2. The van der Waals surface area contributed by atoms with Crippen LogP contribution in [0.3, 0.4) is 0 Å². The van der Waals surface area contributed by atoms with Crippen molar-refractivity contribution >= 4 is 34.6 Å². The van der Waals surface area contributed by atoms with Gasteiger partial charge in [0.25, 0.3) is 5.92 Å². The number of imidazole rings is 1. The molecule has 4 fully saturated rings. The minimum atomic E-state index is -3.02. The van der Waals surface area contributed by atoms with Crippen molar-refractivity contribution in [1.82, 2.24) is 29.2 Å². The first-order valence-electron chi connectivity index (χ1n) is 15.4. The lowest BCUT2D eigenvalue weighted by atomic mass is 9.93. The summed E-state index contributed by atoms with van der Waals surface area (Å²) in [5.41, 5.74) is 1.26.